The van der Waals surface area contributed by atoms with Gasteiger partial charge in [-0.2, -0.15) is 0 Å². The van der Waals surface area contributed by atoms with Crippen molar-refractivity contribution in [1.29, 1.82) is 0 Å². The fraction of sp³-hybridized carbons (Fsp3) is 0. The summed E-state index contributed by atoms with van der Waals surface area (Å²) >= 11 is 0. The van der Waals surface area contributed by atoms with E-state index in [9.17, 15) is 0 Å². The second-order valence-corrected chi connectivity index (χ2v) is 5.20. The van der Waals surface area contributed by atoms with E-state index < -0.39 is 0 Å². The minimum absolute atomic E-state index is 0.761. The van der Waals surface area contributed by atoms with Crippen LogP contribution < -0.4 is 0 Å². The Bertz CT molecular complexity index is 930. The molecule has 0 unspecified atom stereocenters. The van der Waals surface area contributed by atoms with E-state index in [0.29, 0.717) is 0 Å². The monoisotopic (exact) mass is 282 g/mol. The van der Waals surface area contributed by atoms with Crippen molar-refractivity contribution in [3.8, 4) is 22.5 Å². The molecule has 0 radical (unpaired) electrons. The number of benzene rings is 3. The molecule has 1 heterocycles. The summed E-state index contributed by atoms with van der Waals surface area (Å²) in [5.41, 5.74) is 4.38. The summed E-state index contributed by atoms with van der Waals surface area (Å²) in [7, 11) is 0. The molecular weight excluding hydrogens is 268 g/mol. The predicted octanol–water partition coefficient (Wildman–Crippen LogP) is 4.96. The van der Waals surface area contributed by atoms with Gasteiger partial charge in [-0.15, -0.1) is 0 Å². The lowest BCUT2D eigenvalue weighted by Gasteiger charge is -2.06. The fourth-order valence-electron chi connectivity index (χ4n) is 2.58. The van der Waals surface area contributed by atoms with E-state index in [0.717, 1.165) is 22.3 Å². The lowest BCUT2D eigenvalue weighted by molar-refractivity contribution is 1.23. The Morgan fingerprint density at radius 1 is 0.591 bits per heavy atom. The summed E-state index contributed by atoms with van der Waals surface area (Å²) in [5.74, 6) is 0.761. The van der Waals surface area contributed by atoms with Crippen LogP contribution in [0.3, 0.4) is 0 Å². The smallest absolute Gasteiger partial charge is 0.159 e. The van der Waals surface area contributed by atoms with Crippen LogP contribution in [0.5, 0.6) is 0 Å². The Kier molecular flexibility index (Phi) is 3.13. The van der Waals surface area contributed by atoms with Crippen molar-refractivity contribution in [2.45, 2.75) is 0 Å². The van der Waals surface area contributed by atoms with E-state index in [-0.39, 0.29) is 0 Å². The summed E-state index contributed by atoms with van der Waals surface area (Å²) < 4.78 is 0. The Labute approximate surface area is 129 Å². The highest BCUT2D eigenvalue weighted by Gasteiger charge is 2.05. The van der Waals surface area contributed by atoms with Crippen molar-refractivity contribution < 1.29 is 0 Å². The van der Waals surface area contributed by atoms with Gasteiger partial charge in [0.05, 0.1) is 5.52 Å². The first-order valence-electron chi connectivity index (χ1n) is 7.28. The van der Waals surface area contributed by atoms with Gasteiger partial charge in [-0.1, -0.05) is 66.7 Å². The van der Waals surface area contributed by atoms with Gasteiger partial charge >= 0.3 is 0 Å². The minimum Gasteiger partial charge on any atom is -0.236 e. The second kappa shape index (κ2) is 5.41. The third-order valence-electron chi connectivity index (χ3n) is 3.72. The molecule has 0 amide bonds. The van der Waals surface area contributed by atoms with E-state index in [1.165, 1.54) is 11.1 Å². The molecule has 104 valence electrons. The molecule has 0 saturated heterocycles. The van der Waals surface area contributed by atoms with Crippen molar-refractivity contribution in [1.82, 2.24) is 9.97 Å². The normalized spacial score (nSPS) is 10.7. The topological polar surface area (TPSA) is 25.8 Å². The maximum absolute atomic E-state index is 4.67. The molecule has 4 rings (SSSR count). The molecule has 2 nitrogen and oxygen atoms in total. The van der Waals surface area contributed by atoms with E-state index >= 15 is 0 Å². The Hall–Kier alpha value is -3.00. The van der Waals surface area contributed by atoms with Gasteiger partial charge in [-0.3, -0.25) is 0 Å². The Morgan fingerprint density at radius 3 is 2.23 bits per heavy atom. The van der Waals surface area contributed by atoms with Crippen LogP contribution in [-0.4, -0.2) is 9.97 Å². The second-order valence-electron chi connectivity index (χ2n) is 5.20. The largest absolute Gasteiger partial charge is 0.236 e. The molecule has 0 N–H and O–H groups in total. The molecule has 4 aromatic rings. The highest BCUT2D eigenvalue weighted by atomic mass is 14.9. The number of nitrogens with zero attached hydrogens (tertiary/aromatic N) is 2. The molecule has 1 aromatic heterocycles. The maximum Gasteiger partial charge on any atom is 0.159 e. The average Bonchev–Trinajstić information content (AvgIpc) is 2.62. The molecule has 0 aliphatic carbocycles. The third kappa shape index (κ3) is 2.35. The molecule has 0 bridgehead atoms. The number of hydrogen-bond donors (Lipinski definition) is 0. The Balaban J connectivity index is 1.81. The molecule has 0 saturated carbocycles. The van der Waals surface area contributed by atoms with Gasteiger partial charge in [-0.05, 0) is 23.3 Å². The highest BCUT2D eigenvalue weighted by Crippen LogP contribution is 2.25. The molecule has 0 aliphatic rings. The van der Waals surface area contributed by atoms with Crippen molar-refractivity contribution in [3.05, 3.63) is 85.1 Å². The summed E-state index contributed by atoms with van der Waals surface area (Å²) in [6, 6.07) is 26.7. The lowest BCUT2D eigenvalue weighted by atomic mass is 10.0. The van der Waals surface area contributed by atoms with Gasteiger partial charge in [0.15, 0.2) is 5.82 Å². The first kappa shape index (κ1) is 12.7. The van der Waals surface area contributed by atoms with Gasteiger partial charge < -0.3 is 0 Å². The predicted molar refractivity (Wildman–Crippen MR) is 90.4 cm³/mol. The zero-order chi connectivity index (χ0) is 14.8. The number of para-hydroxylation sites is 1. The van der Waals surface area contributed by atoms with Crippen LogP contribution >= 0.6 is 0 Å². The van der Waals surface area contributed by atoms with Crippen molar-refractivity contribution >= 4 is 10.9 Å². The quantitative estimate of drug-likeness (QED) is 0.519. The molecule has 0 aliphatic heterocycles. The SMILES string of the molecule is c1ccc(-c2cccc(-c3ncc4ccccc4n3)c2)cc1. The fourth-order valence-corrected chi connectivity index (χ4v) is 2.58. The van der Waals surface area contributed by atoms with Gasteiger partial charge in [0.25, 0.3) is 0 Å². The summed E-state index contributed by atoms with van der Waals surface area (Å²) in [4.78, 5) is 9.17. The van der Waals surface area contributed by atoms with Crippen LogP contribution in [0.1, 0.15) is 0 Å². The number of rotatable bonds is 2. The van der Waals surface area contributed by atoms with Crippen molar-refractivity contribution in [2.75, 3.05) is 0 Å². The van der Waals surface area contributed by atoms with Crippen LogP contribution in [0.15, 0.2) is 85.1 Å². The van der Waals surface area contributed by atoms with Crippen LogP contribution in [-0.2, 0) is 0 Å². The van der Waals surface area contributed by atoms with E-state index in [2.05, 4.69) is 58.5 Å². The van der Waals surface area contributed by atoms with E-state index in [4.69, 9.17) is 0 Å². The van der Waals surface area contributed by atoms with Crippen LogP contribution in [0.2, 0.25) is 0 Å². The minimum atomic E-state index is 0.761. The molecule has 0 spiro atoms. The molecule has 3 aromatic carbocycles. The molecule has 2 heteroatoms. The van der Waals surface area contributed by atoms with Crippen LogP contribution in [0.4, 0.5) is 0 Å². The number of hydrogen-bond acceptors (Lipinski definition) is 2. The standard InChI is InChI=1S/C20H14N2/c1-2-7-15(8-3-1)16-10-6-11-17(13-16)20-21-14-18-9-4-5-12-19(18)22-20/h1-14H. The van der Waals surface area contributed by atoms with Crippen molar-refractivity contribution in [2.24, 2.45) is 0 Å². The maximum atomic E-state index is 4.67. The van der Waals surface area contributed by atoms with Gasteiger partial charge in [0.2, 0.25) is 0 Å². The molecule has 0 atom stereocenters. The lowest BCUT2D eigenvalue weighted by Crippen LogP contribution is -1.90. The van der Waals surface area contributed by atoms with Gasteiger partial charge in [0.1, 0.15) is 0 Å². The number of aromatic nitrogens is 2. The summed E-state index contributed by atoms with van der Waals surface area (Å²) in [5, 5.41) is 1.06. The van der Waals surface area contributed by atoms with E-state index in [1.54, 1.807) is 0 Å². The molecular formula is C20H14N2. The van der Waals surface area contributed by atoms with Gasteiger partial charge in [0, 0.05) is 17.1 Å². The molecule has 22 heavy (non-hydrogen) atoms. The summed E-state index contributed by atoms with van der Waals surface area (Å²) in [6.45, 7) is 0. The summed E-state index contributed by atoms with van der Waals surface area (Å²) in [6.07, 6.45) is 1.88. The Morgan fingerprint density at radius 2 is 1.32 bits per heavy atom. The van der Waals surface area contributed by atoms with Crippen LogP contribution in [0.25, 0.3) is 33.4 Å². The first-order chi connectivity index (χ1) is 10.9. The van der Waals surface area contributed by atoms with E-state index in [1.807, 2.05) is 36.5 Å². The number of fused-ring (bicyclic) bond motifs is 1. The zero-order valence-electron chi connectivity index (χ0n) is 12.0. The van der Waals surface area contributed by atoms with Gasteiger partial charge in [-0.25, -0.2) is 9.97 Å². The highest BCUT2D eigenvalue weighted by molar-refractivity contribution is 5.80. The molecule has 0 fully saturated rings. The van der Waals surface area contributed by atoms with Crippen molar-refractivity contribution in [3.63, 3.8) is 0 Å². The third-order valence-corrected chi connectivity index (χ3v) is 3.72. The average molecular weight is 282 g/mol. The van der Waals surface area contributed by atoms with Crippen LogP contribution in [0, 0.1) is 0 Å². The zero-order valence-corrected chi connectivity index (χ0v) is 12.0. The first-order valence-corrected chi connectivity index (χ1v) is 7.28.